The number of hydrogen-bond donors (Lipinski definition) is 0. The van der Waals surface area contributed by atoms with Gasteiger partial charge in [-0.15, -0.1) is 0 Å². The van der Waals surface area contributed by atoms with Crippen molar-refractivity contribution in [2.24, 2.45) is 5.92 Å². The van der Waals surface area contributed by atoms with Crippen molar-refractivity contribution in [2.75, 3.05) is 59.2 Å². The average molecular weight is 362 g/mol. The summed E-state index contributed by atoms with van der Waals surface area (Å²) in [5, 5.41) is 0. The SMILES string of the molecule is CCOc1ccc(OCCN2CCC(C(=O)N3CCOCC3)CC2)cc1. The zero-order chi connectivity index (χ0) is 18.2. The van der Waals surface area contributed by atoms with Gasteiger partial charge in [0.05, 0.1) is 19.8 Å². The van der Waals surface area contributed by atoms with Gasteiger partial charge in [-0.2, -0.15) is 0 Å². The number of amides is 1. The van der Waals surface area contributed by atoms with Gasteiger partial charge in [0.1, 0.15) is 18.1 Å². The molecule has 2 aliphatic rings. The maximum atomic E-state index is 12.5. The van der Waals surface area contributed by atoms with E-state index in [1.807, 2.05) is 36.1 Å². The largest absolute Gasteiger partial charge is 0.494 e. The van der Waals surface area contributed by atoms with Crippen molar-refractivity contribution in [1.29, 1.82) is 0 Å². The minimum atomic E-state index is 0.177. The fraction of sp³-hybridized carbons (Fsp3) is 0.650. The van der Waals surface area contributed by atoms with Crippen LogP contribution < -0.4 is 9.47 Å². The van der Waals surface area contributed by atoms with Crippen LogP contribution in [-0.4, -0.2) is 74.9 Å². The van der Waals surface area contributed by atoms with E-state index in [2.05, 4.69) is 4.90 Å². The first-order valence-electron chi connectivity index (χ1n) is 9.71. The first-order valence-corrected chi connectivity index (χ1v) is 9.71. The number of rotatable bonds is 7. The molecule has 0 aliphatic carbocycles. The summed E-state index contributed by atoms with van der Waals surface area (Å²) in [6.07, 6.45) is 1.89. The summed E-state index contributed by atoms with van der Waals surface area (Å²) in [6.45, 7) is 8.97. The number of nitrogens with zero attached hydrogens (tertiary/aromatic N) is 2. The van der Waals surface area contributed by atoms with Crippen molar-refractivity contribution >= 4 is 5.91 Å². The van der Waals surface area contributed by atoms with Gasteiger partial charge in [-0.05, 0) is 57.1 Å². The van der Waals surface area contributed by atoms with Crippen LogP contribution in [-0.2, 0) is 9.53 Å². The number of carbonyl (C=O) groups is 1. The van der Waals surface area contributed by atoms with E-state index in [0.717, 1.165) is 57.1 Å². The Morgan fingerprint density at radius 1 is 1.04 bits per heavy atom. The molecule has 3 rings (SSSR count). The smallest absolute Gasteiger partial charge is 0.225 e. The number of benzene rings is 1. The highest BCUT2D eigenvalue weighted by molar-refractivity contribution is 5.79. The lowest BCUT2D eigenvalue weighted by atomic mass is 9.95. The van der Waals surface area contributed by atoms with Crippen molar-refractivity contribution in [3.63, 3.8) is 0 Å². The molecule has 0 N–H and O–H groups in total. The molecule has 0 saturated carbocycles. The van der Waals surface area contributed by atoms with E-state index < -0.39 is 0 Å². The summed E-state index contributed by atoms with van der Waals surface area (Å²) in [5.74, 6) is 2.23. The Kier molecular flexibility index (Phi) is 7.14. The highest BCUT2D eigenvalue weighted by Crippen LogP contribution is 2.21. The van der Waals surface area contributed by atoms with Crippen LogP contribution in [0.25, 0.3) is 0 Å². The molecule has 0 atom stereocenters. The van der Waals surface area contributed by atoms with Gasteiger partial charge in [0.25, 0.3) is 0 Å². The van der Waals surface area contributed by atoms with E-state index in [1.165, 1.54) is 0 Å². The summed E-state index contributed by atoms with van der Waals surface area (Å²) >= 11 is 0. The lowest BCUT2D eigenvalue weighted by Crippen LogP contribution is -2.47. The monoisotopic (exact) mass is 362 g/mol. The summed E-state index contributed by atoms with van der Waals surface area (Å²) < 4.78 is 16.6. The minimum Gasteiger partial charge on any atom is -0.494 e. The number of ether oxygens (including phenoxy) is 3. The molecule has 1 aromatic carbocycles. The van der Waals surface area contributed by atoms with Gasteiger partial charge in [0, 0.05) is 25.6 Å². The van der Waals surface area contributed by atoms with E-state index in [4.69, 9.17) is 14.2 Å². The second-order valence-corrected chi connectivity index (χ2v) is 6.81. The lowest BCUT2D eigenvalue weighted by Gasteiger charge is -2.35. The van der Waals surface area contributed by atoms with Gasteiger partial charge in [-0.3, -0.25) is 9.69 Å². The predicted molar refractivity (Wildman–Crippen MR) is 99.7 cm³/mol. The fourth-order valence-corrected chi connectivity index (χ4v) is 3.54. The molecule has 0 unspecified atom stereocenters. The second kappa shape index (κ2) is 9.78. The molecule has 0 radical (unpaired) electrons. The third kappa shape index (κ3) is 5.35. The maximum absolute atomic E-state index is 12.5. The second-order valence-electron chi connectivity index (χ2n) is 6.81. The van der Waals surface area contributed by atoms with Crippen LogP contribution in [0.1, 0.15) is 19.8 Å². The molecular weight excluding hydrogens is 332 g/mol. The Morgan fingerprint density at radius 3 is 2.27 bits per heavy atom. The number of carbonyl (C=O) groups excluding carboxylic acids is 1. The van der Waals surface area contributed by atoms with Gasteiger partial charge < -0.3 is 19.1 Å². The maximum Gasteiger partial charge on any atom is 0.225 e. The molecule has 1 amide bonds. The molecule has 26 heavy (non-hydrogen) atoms. The number of likely N-dealkylation sites (tertiary alicyclic amines) is 1. The summed E-state index contributed by atoms with van der Waals surface area (Å²) in [5.41, 5.74) is 0. The first-order chi connectivity index (χ1) is 12.8. The molecule has 2 heterocycles. The van der Waals surface area contributed by atoms with E-state index >= 15 is 0 Å². The summed E-state index contributed by atoms with van der Waals surface area (Å²) in [4.78, 5) is 16.9. The van der Waals surface area contributed by atoms with Crippen molar-refractivity contribution < 1.29 is 19.0 Å². The first kappa shape index (κ1) is 19.0. The van der Waals surface area contributed by atoms with E-state index in [0.29, 0.717) is 32.3 Å². The van der Waals surface area contributed by atoms with Crippen molar-refractivity contribution in [1.82, 2.24) is 9.80 Å². The zero-order valence-electron chi connectivity index (χ0n) is 15.7. The van der Waals surface area contributed by atoms with Crippen LogP contribution in [0, 0.1) is 5.92 Å². The third-order valence-corrected chi connectivity index (χ3v) is 5.07. The van der Waals surface area contributed by atoms with Crippen LogP contribution in [0.5, 0.6) is 11.5 Å². The molecular formula is C20H30N2O4. The summed E-state index contributed by atoms with van der Waals surface area (Å²) in [7, 11) is 0. The van der Waals surface area contributed by atoms with Crippen molar-refractivity contribution in [3.8, 4) is 11.5 Å². The molecule has 2 saturated heterocycles. The van der Waals surface area contributed by atoms with Gasteiger partial charge in [0.2, 0.25) is 5.91 Å². The fourth-order valence-electron chi connectivity index (χ4n) is 3.54. The Hall–Kier alpha value is -1.79. The third-order valence-electron chi connectivity index (χ3n) is 5.07. The van der Waals surface area contributed by atoms with Gasteiger partial charge in [-0.25, -0.2) is 0 Å². The zero-order valence-corrected chi connectivity index (χ0v) is 15.7. The van der Waals surface area contributed by atoms with E-state index in [9.17, 15) is 4.79 Å². The predicted octanol–water partition coefficient (Wildman–Crippen LogP) is 2.03. The Balaban J connectivity index is 1.34. The lowest BCUT2D eigenvalue weighted by molar-refractivity contribution is -0.141. The van der Waals surface area contributed by atoms with E-state index in [1.54, 1.807) is 0 Å². The minimum absolute atomic E-state index is 0.177. The van der Waals surface area contributed by atoms with Crippen molar-refractivity contribution in [3.05, 3.63) is 24.3 Å². The molecule has 6 nitrogen and oxygen atoms in total. The normalized spacial score (nSPS) is 19.3. The molecule has 0 aromatic heterocycles. The standard InChI is InChI=1S/C20H30N2O4/c1-2-25-18-3-5-19(6-4-18)26-16-11-21-9-7-17(8-10-21)20(23)22-12-14-24-15-13-22/h3-6,17H,2,7-16H2,1H3. The van der Waals surface area contributed by atoms with Crippen LogP contribution in [0.15, 0.2) is 24.3 Å². The Labute approximate surface area is 156 Å². The quantitative estimate of drug-likeness (QED) is 0.743. The molecule has 2 aliphatic heterocycles. The molecule has 1 aromatic rings. The van der Waals surface area contributed by atoms with E-state index in [-0.39, 0.29) is 5.92 Å². The number of morpholine rings is 1. The number of piperidine rings is 1. The van der Waals surface area contributed by atoms with Gasteiger partial charge in [-0.1, -0.05) is 0 Å². The van der Waals surface area contributed by atoms with Crippen LogP contribution in [0.4, 0.5) is 0 Å². The van der Waals surface area contributed by atoms with Crippen molar-refractivity contribution in [2.45, 2.75) is 19.8 Å². The highest BCUT2D eigenvalue weighted by atomic mass is 16.5. The summed E-state index contributed by atoms with van der Waals surface area (Å²) in [6, 6.07) is 7.75. The average Bonchev–Trinajstić information content (AvgIpc) is 2.70. The molecule has 0 spiro atoms. The molecule has 6 heteroatoms. The van der Waals surface area contributed by atoms with Crippen LogP contribution in [0.2, 0.25) is 0 Å². The molecule has 144 valence electrons. The van der Waals surface area contributed by atoms with Gasteiger partial charge >= 0.3 is 0 Å². The molecule has 2 fully saturated rings. The highest BCUT2D eigenvalue weighted by Gasteiger charge is 2.29. The van der Waals surface area contributed by atoms with Gasteiger partial charge in [0.15, 0.2) is 0 Å². The van der Waals surface area contributed by atoms with Crippen LogP contribution >= 0.6 is 0 Å². The van der Waals surface area contributed by atoms with Crippen LogP contribution in [0.3, 0.4) is 0 Å². The topological polar surface area (TPSA) is 51.2 Å². The molecule has 0 bridgehead atoms. The Bertz CT molecular complexity index is 549. The Morgan fingerprint density at radius 2 is 1.65 bits per heavy atom. The number of hydrogen-bond acceptors (Lipinski definition) is 5.